The van der Waals surface area contributed by atoms with Crippen LogP contribution in [0.15, 0.2) is 54.7 Å². The van der Waals surface area contributed by atoms with E-state index < -0.39 is 0 Å². The van der Waals surface area contributed by atoms with Crippen LogP contribution in [0.1, 0.15) is 36.8 Å². The zero-order chi connectivity index (χ0) is 20.6. The number of benzene rings is 2. The van der Waals surface area contributed by atoms with E-state index in [1.165, 1.54) is 0 Å². The van der Waals surface area contributed by atoms with Crippen molar-refractivity contribution in [2.75, 3.05) is 11.1 Å². The first-order valence-corrected chi connectivity index (χ1v) is 9.29. The number of nitrogens with two attached hydrogens (primary N) is 1. The van der Waals surface area contributed by atoms with E-state index in [1.54, 1.807) is 12.3 Å². The number of aromatic amines is 1. The zero-order valence-corrected chi connectivity index (χ0v) is 16.5. The van der Waals surface area contributed by atoms with Crippen LogP contribution in [-0.4, -0.2) is 26.1 Å². The first-order valence-electron chi connectivity index (χ1n) is 9.29. The van der Waals surface area contributed by atoms with Crippen molar-refractivity contribution in [2.45, 2.75) is 26.2 Å². The first kappa shape index (κ1) is 18.6. The van der Waals surface area contributed by atoms with Crippen LogP contribution in [0.5, 0.6) is 0 Å². The predicted molar refractivity (Wildman–Crippen MR) is 115 cm³/mol. The van der Waals surface area contributed by atoms with Gasteiger partial charge >= 0.3 is 0 Å². The molecule has 0 saturated carbocycles. The highest BCUT2D eigenvalue weighted by Gasteiger charge is 2.18. The Bertz CT molecular complexity index is 1210. The Morgan fingerprint density at radius 2 is 1.86 bits per heavy atom. The Labute approximate surface area is 168 Å². The van der Waals surface area contributed by atoms with Crippen LogP contribution in [-0.2, 0) is 5.41 Å². The smallest absolute Gasteiger partial charge is 0.256 e. The average Bonchev–Trinajstić information content (AvgIpc) is 3.16. The van der Waals surface area contributed by atoms with E-state index in [-0.39, 0.29) is 17.3 Å². The number of nitrogens with zero attached hydrogens (tertiary/aromatic N) is 3. The second-order valence-corrected chi connectivity index (χ2v) is 7.95. The zero-order valence-electron chi connectivity index (χ0n) is 16.5. The largest absolute Gasteiger partial charge is 0.368 e. The van der Waals surface area contributed by atoms with Gasteiger partial charge in [-0.1, -0.05) is 39.0 Å². The summed E-state index contributed by atoms with van der Waals surface area (Å²) in [5.74, 6) is 0.540. The topological polar surface area (TPSA) is 110 Å². The van der Waals surface area contributed by atoms with Crippen molar-refractivity contribution in [1.82, 2.24) is 20.2 Å². The van der Waals surface area contributed by atoms with Crippen molar-refractivity contribution >= 4 is 28.6 Å². The molecule has 0 unspecified atom stereocenters. The van der Waals surface area contributed by atoms with E-state index in [4.69, 9.17) is 5.73 Å². The molecule has 2 aromatic heterocycles. The molecule has 0 saturated heterocycles. The van der Waals surface area contributed by atoms with Crippen LogP contribution in [0.3, 0.4) is 0 Å². The lowest BCUT2D eigenvalue weighted by atomic mass is 9.92. The van der Waals surface area contributed by atoms with Gasteiger partial charge in [0.2, 0.25) is 5.95 Å². The SMILES string of the molecule is CC(C)(C)c1cc(NC(=O)c2cccc(-c3ccc4nc(N)ncc4c3)c2)n[nH]1. The van der Waals surface area contributed by atoms with E-state index in [1.807, 2.05) is 42.5 Å². The maximum absolute atomic E-state index is 12.7. The molecule has 4 rings (SSSR count). The minimum absolute atomic E-state index is 0.0691. The molecular weight excluding hydrogens is 364 g/mol. The van der Waals surface area contributed by atoms with Gasteiger partial charge in [0, 0.05) is 34.3 Å². The molecule has 7 nitrogen and oxygen atoms in total. The van der Waals surface area contributed by atoms with Crippen molar-refractivity contribution in [1.29, 1.82) is 0 Å². The van der Waals surface area contributed by atoms with Crippen LogP contribution in [0.2, 0.25) is 0 Å². The minimum atomic E-state index is -0.212. The highest BCUT2D eigenvalue weighted by atomic mass is 16.1. The molecule has 29 heavy (non-hydrogen) atoms. The molecule has 0 fully saturated rings. The predicted octanol–water partition coefficient (Wildman–Crippen LogP) is 4.15. The number of anilines is 2. The van der Waals surface area contributed by atoms with Crippen molar-refractivity contribution in [3.05, 3.63) is 66.0 Å². The van der Waals surface area contributed by atoms with Crippen molar-refractivity contribution in [2.24, 2.45) is 0 Å². The Morgan fingerprint density at radius 3 is 2.62 bits per heavy atom. The van der Waals surface area contributed by atoms with Gasteiger partial charge in [0.25, 0.3) is 5.91 Å². The molecule has 4 N–H and O–H groups in total. The van der Waals surface area contributed by atoms with Gasteiger partial charge in [-0.05, 0) is 35.4 Å². The summed E-state index contributed by atoms with van der Waals surface area (Å²) in [5.41, 5.74) is 9.76. The number of amides is 1. The summed E-state index contributed by atoms with van der Waals surface area (Å²) >= 11 is 0. The highest BCUT2D eigenvalue weighted by molar-refractivity contribution is 6.04. The maximum atomic E-state index is 12.7. The van der Waals surface area contributed by atoms with Crippen LogP contribution >= 0.6 is 0 Å². The summed E-state index contributed by atoms with van der Waals surface area (Å²) in [6.07, 6.45) is 1.70. The number of H-pyrrole nitrogens is 1. The Balaban J connectivity index is 1.59. The van der Waals surface area contributed by atoms with Gasteiger partial charge in [-0.25, -0.2) is 9.97 Å². The van der Waals surface area contributed by atoms with Gasteiger partial charge in [0.15, 0.2) is 5.82 Å². The number of nitrogen functional groups attached to an aromatic ring is 1. The van der Waals surface area contributed by atoms with E-state index in [2.05, 4.69) is 46.3 Å². The van der Waals surface area contributed by atoms with Gasteiger partial charge in [-0.3, -0.25) is 9.89 Å². The number of nitrogens with one attached hydrogen (secondary N) is 2. The number of rotatable bonds is 3. The van der Waals surface area contributed by atoms with E-state index in [0.29, 0.717) is 11.4 Å². The summed E-state index contributed by atoms with van der Waals surface area (Å²) in [5, 5.41) is 10.9. The summed E-state index contributed by atoms with van der Waals surface area (Å²) in [6, 6.07) is 15.1. The van der Waals surface area contributed by atoms with Crippen LogP contribution < -0.4 is 11.1 Å². The van der Waals surface area contributed by atoms with Crippen molar-refractivity contribution < 1.29 is 4.79 Å². The molecule has 2 aromatic carbocycles. The monoisotopic (exact) mass is 386 g/mol. The molecule has 0 radical (unpaired) electrons. The number of hydrogen-bond donors (Lipinski definition) is 3. The normalized spacial score (nSPS) is 11.6. The maximum Gasteiger partial charge on any atom is 0.256 e. The van der Waals surface area contributed by atoms with Crippen LogP contribution in [0.25, 0.3) is 22.0 Å². The molecule has 0 aliphatic rings. The molecular formula is C22H22N6O. The molecule has 1 amide bonds. The third-order valence-corrected chi connectivity index (χ3v) is 4.68. The molecule has 146 valence electrons. The number of carbonyl (C=O) groups excluding carboxylic acids is 1. The van der Waals surface area contributed by atoms with E-state index >= 15 is 0 Å². The fourth-order valence-electron chi connectivity index (χ4n) is 3.03. The van der Waals surface area contributed by atoms with Crippen LogP contribution in [0.4, 0.5) is 11.8 Å². The van der Waals surface area contributed by atoms with Gasteiger partial charge in [0.05, 0.1) is 5.52 Å². The average molecular weight is 386 g/mol. The second kappa shape index (κ2) is 7.01. The number of aromatic nitrogens is 4. The number of fused-ring (bicyclic) bond motifs is 1. The number of hydrogen-bond acceptors (Lipinski definition) is 5. The summed E-state index contributed by atoms with van der Waals surface area (Å²) in [4.78, 5) is 21.0. The molecule has 7 heteroatoms. The lowest BCUT2D eigenvalue weighted by Crippen LogP contribution is -2.12. The fourth-order valence-corrected chi connectivity index (χ4v) is 3.03. The third-order valence-electron chi connectivity index (χ3n) is 4.68. The molecule has 0 atom stereocenters. The summed E-state index contributed by atoms with van der Waals surface area (Å²) < 4.78 is 0. The van der Waals surface area contributed by atoms with Gasteiger partial charge in [-0.15, -0.1) is 0 Å². The van der Waals surface area contributed by atoms with E-state index in [0.717, 1.165) is 27.7 Å². The Kier molecular flexibility index (Phi) is 4.50. The Hall–Kier alpha value is -3.74. The van der Waals surface area contributed by atoms with Crippen molar-refractivity contribution in [3.8, 4) is 11.1 Å². The minimum Gasteiger partial charge on any atom is -0.368 e. The van der Waals surface area contributed by atoms with Gasteiger partial charge in [0.1, 0.15) is 0 Å². The summed E-state index contributed by atoms with van der Waals surface area (Å²) in [6.45, 7) is 6.25. The highest BCUT2D eigenvalue weighted by Crippen LogP contribution is 2.25. The van der Waals surface area contributed by atoms with Crippen LogP contribution in [0, 0.1) is 0 Å². The molecule has 0 aliphatic carbocycles. The molecule has 0 aliphatic heterocycles. The third kappa shape index (κ3) is 3.94. The first-order chi connectivity index (χ1) is 13.8. The summed E-state index contributed by atoms with van der Waals surface area (Å²) in [7, 11) is 0. The van der Waals surface area contributed by atoms with Crippen molar-refractivity contribution in [3.63, 3.8) is 0 Å². The lowest BCUT2D eigenvalue weighted by Gasteiger charge is -2.14. The Morgan fingerprint density at radius 1 is 1.07 bits per heavy atom. The number of carbonyl (C=O) groups is 1. The van der Waals surface area contributed by atoms with E-state index in [9.17, 15) is 4.79 Å². The molecule has 2 heterocycles. The molecule has 0 spiro atoms. The fraction of sp³-hybridized carbons (Fsp3) is 0.182. The second-order valence-electron chi connectivity index (χ2n) is 7.95. The lowest BCUT2D eigenvalue weighted by molar-refractivity contribution is 0.102. The van der Waals surface area contributed by atoms with Gasteiger partial charge < -0.3 is 11.1 Å². The molecule has 4 aromatic rings. The van der Waals surface area contributed by atoms with Gasteiger partial charge in [-0.2, -0.15) is 5.10 Å². The quantitative estimate of drug-likeness (QED) is 0.490. The molecule has 0 bridgehead atoms. The standard InChI is InChI=1S/C22H22N6O/c1-22(2,3)18-11-19(28-27-18)26-20(29)15-6-4-5-13(9-15)14-7-8-17-16(10-14)12-24-21(23)25-17/h4-12H,1-3H3,(H2,23,24,25)(H2,26,27,28,29).